The number of hydrogen-bond acceptors (Lipinski definition) is 8. The lowest BCUT2D eigenvalue weighted by Gasteiger charge is -2.22. The van der Waals surface area contributed by atoms with E-state index in [-0.39, 0.29) is 23.1 Å². The van der Waals surface area contributed by atoms with E-state index < -0.39 is 12.0 Å². The van der Waals surface area contributed by atoms with Crippen LogP contribution in [0.4, 0.5) is 5.69 Å². The van der Waals surface area contributed by atoms with Crippen LogP contribution in [0, 0.1) is 12.8 Å². The molecule has 0 fully saturated rings. The molecule has 218 valence electrons. The summed E-state index contributed by atoms with van der Waals surface area (Å²) in [5.41, 5.74) is 4.88. The lowest BCUT2D eigenvalue weighted by molar-refractivity contribution is -0.119. The molecule has 0 radical (unpaired) electrons. The lowest BCUT2D eigenvalue weighted by Crippen LogP contribution is -2.27. The van der Waals surface area contributed by atoms with Crippen LogP contribution in [0.15, 0.2) is 66.1 Å². The number of benzene rings is 1. The van der Waals surface area contributed by atoms with Gasteiger partial charge in [0.2, 0.25) is 5.91 Å². The van der Waals surface area contributed by atoms with Crippen LogP contribution in [0.25, 0.3) is 28.2 Å². The third-order valence-electron chi connectivity index (χ3n) is 7.71. The van der Waals surface area contributed by atoms with Crippen LogP contribution in [0.3, 0.4) is 0 Å². The zero-order valence-electron chi connectivity index (χ0n) is 23.8. The number of carboxylic acid groups (broad SMARTS) is 1. The van der Waals surface area contributed by atoms with Gasteiger partial charge in [0.25, 0.3) is 5.56 Å². The smallest absolute Gasteiger partial charge is 0.358 e. The fraction of sp³-hybridized carbons (Fsp3) is 0.267. The zero-order valence-corrected chi connectivity index (χ0v) is 23.8. The molecule has 1 amide bonds. The molecule has 1 aliphatic rings. The van der Waals surface area contributed by atoms with Gasteiger partial charge in [0.05, 0.1) is 53.2 Å². The van der Waals surface area contributed by atoms with Crippen molar-refractivity contribution < 1.29 is 14.7 Å². The number of carboxylic acids is 1. The fourth-order valence-corrected chi connectivity index (χ4v) is 5.41. The van der Waals surface area contributed by atoms with Crippen LogP contribution in [0.5, 0.6) is 0 Å². The Balaban J connectivity index is 1.43. The first-order chi connectivity index (χ1) is 20.7. The zero-order chi connectivity index (χ0) is 30.2. The van der Waals surface area contributed by atoms with Crippen molar-refractivity contribution in [2.24, 2.45) is 13.0 Å². The standard InChI is InChI=1S/C30H29N9O4/c1-17-7-8-25(39-15-24(30(42)43)35-36-39)20(11-17)21-13-27(40)38(16-32-21)26-6-4-5-18(2)29(41)34-23-14-33-37(3)28(23)19-9-10-31-22(26)12-19/h7-16,18,26H,4-6H2,1-3H3,(H,34,41)(H,42,43)/t18-,26+/m1/s1. The highest BCUT2D eigenvalue weighted by Crippen LogP contribution is 2.33. The summed E-state index contributed by atoms with van der Waals surface area (Å²) < 4.78 is 4.64. The number of hydrogen-bond donors (Lipinski definition) is 2. The topological polar surface area (TPSA) is 163 Å². The Morgan fingerprint density at radius 2 is 1.93 bits per heavy atom. The van der Waals surface area contributed by atoms with E-state index in [1.54, 1.807) is 27.7 Å². The molecule has 0 spiro atoms. The first-order valence-corrected chi connectivity index (χ1v) is 13.8. The molecule has 5 heterocycles. The Kier molecular flexibility index (Phi) is 7.14. The number of nitrogens with one attached hydrogen (secondary N) is 1. The average Bonchev–Trinajstić information content (AvgIpc) is 3.62. The molecule has 0 saturated carbocycles. The minimum Gasteiger partial charge on any atom is -0.476 e. The lowest BCUT2D eigenvalue weighted by atomic mass is 9.97. The highest BCUT2D eigenvalue weighted by Gasteiger charge is 2.24. The summed E-state index contributed by atoms with van der Waals surface area (Å²) in [5.74, 6) is -1.51. The normalized spacial score (nSPS) is 17.0. The summed E-state index contributed by atoms with van der Waals surface area (Å²) in [7, 11) is 1.81. The predicted molar refractivity (Wildman–Crippen MR) is 157 cm³/mol. The SMILES string of the molecule is Cc1ccc(-n2cc(C(=O)O)nn2)c(-c2cc(=O)n([C@H]3CCC[C@@H](C)C(=O)Nc4cnn(C)c4-c4ccnc3c4)cn2)c1. The Morgan fingerprint density at radius 1 is 1.09 bits per heavy atom. The first-order valence-electron chi connectivity index (χ1n) is 13.8. The van der Waals surface area contributed by atoms with E-state index in [0.717, 1.165) is 16.8 Å². The molecule has 0 saturated heterocycles. The van der Waals surface area contributed by atoms with Gasteiger partial charge >= 0.3 is 5.97 Å². The maximum Gasteiger partial charge on any atom is 0.358 e. The van der Waals surface area contributed by atoms with Crippen molar-refractivity contribution in [3.63, 3.8) is 0 Å². The van der Waals surface area contributed by atoms with Crippen LogP contribution in [-0.2, 0) is 11.8 Å². The molecule has 13 nitrogen and oxygen atoms in total. The molecular formula is C30H29N9O4. The number of anilines is 1. The number of amides is 1. The maximum absolute atomic E-state index is 13.7. The van der Waals surface area contributed by atoms with Gasteiger partial charge in [0, 0.05) is 36.4 Å². The second-order valence-corrected chi connectivity index (χ2v) is 10.7. The summed E-state index contributed by atoms with van der Waals surface area (Å²) in [6, 6.07) is 10.3. The third-order valence-corrected chi connectivity index (χ3v) is 7.71. The fourth-order valence-electron chi connectivity index (χ4n) is 5.41. The minimum absolute atomic E-state index is 0.0827. The second-order valence-electron chi connectivity index (χ2n) is 10.7. The molecule has 2 N–H and O–H groups in total. The van der Waals surface area contributed by atoms with Crippen LogP contribution in [-0.4, -0.2) is 56.3 Å². The minimum atomic E-state index is -1.19. The molecule has 0 unspecified atom stereocenters. The van der Waals surface area contributed by atoms with Gasteiger partial charge in [-0.2, -0.15) is 5.10 Å². The van der Waals surface area contributed by atoms with Gasteiger partial charge in [-0.1, -0.05) is 30.2 Å². The summed E-state index contributed by atoms with van der Waals surface area (Å²) in [6.07, 6.45) is 8.04. The van der Waals surface area contributed by atoms with Gasteiger partial charge in [0.15, 0.2) is 5.69 Å². The average molecular weight is 580 g/mol. The van der Waals surface area contributed by atoms with Gasteiger partial charge in [-0.25, -0.2) is 14.5 Å². The number of aromatic nitrogens is 8. The van der Waals surface area contributed by atoms with Crippen molar-refractivity contribution in [3.8, 4) is 28.2 Å². The largest absolute Gasteiger partial charge is 0.476 e. The molecule has 43 heavy (non-hydrogen) atoms. The Bertz CT molecular complexity index is 1920. The molecule has 1 aliphatic heterocycles. The van der Waals surface area contributed by atoms with Crippen LogP contribution in [0.1, 0.15) is 54.0 Å². The number of carbonyl (C=O) groups excluding carboxylic acids is 1. The van der Waals surface area contributed by atoms with Crippen molar-refractivity contribution in [1.82, 2.24) is 39.3 Å². The van der Waals surface area contributed by atoms with E-state index in [2.05, 4.69) is 30.7 Å². The number of pyridine rings is 1. The molecule has 1 aromatic carbocycles. The number of rotatable bonds is 4. The van der Waals surface area contributed by atoms with Crippen molar-refractivity contribution in [3.05, 3.63) is 88.6 Å². The summed E-state index contributed by atoms with van der Waals surface area (Å²) in [5, 5.41) is 24.3. The van der Waals surface area contributed by atoms with Gasteiger partial charge in [-0.05, 0) is 44.0 Å². The van der Waals surface area contributed by atoms with E-state index in [9.17, 15) is 19.5 Å². The van der Waals surface area contributed by atoms with Gasteiger partial charge < -0.3 is 10.4 Å². The molecule has 6 rings (SSSR count). The van der Waals surface area contributed by atoms with E-state index in [1.807, 2.05) is 45.2 Å². The first kappa shape index (κ1) is 27.7. The molecule has 0 aliphatic carbocycles. The van der Waals surface area contributed by atoms with Crippen molar-refractivity contribution in [1.29, 1.82) is 0 Å². The van der Waals surface area contributed by atoms with E-state index >= 15 is 0 Å². The van der Waals surface area contributed by atoms with Crippen molar-refractivity contribution in [2.75, 3.05) is 5.32 Å². The number of aryl methyl sites for hydroxylation is 2. The molecule has 5 aromatic rings. The molecule has 2 bridgehead atoms. The van der Waals surface area contributed by atoms with Gasteiger partial charge in [0.1, 0.15) is 0 Å². The monoisotopic (exact) mass is 579 g/mol. The second kappa shape index (κ2) is 11.1. The Hall–Kier alpha value is -5.46. The Morgan fingerprint density at radius 3 is 2.70 bits per heavy atom. The maximum atomic E-state index is 13.7. The van der Waals surface area contributed by atoms with Crippen LogP contribution in [0.2, 0.25) is 0 Å². The van der Waals surface area contributed by atoms with Crippen LogP contribution < -0.4 is 10.9 Å². The van der Waals surface area contributed by atoms with Crippen molar-refractivity contribution >= 4 is 17.6 Å². The third kappa shape index (κ3) is 5.32. The van der Waals surface area contributed by atoms with E-state index in [1.165, 1.54) is 23.3 Å². The quantitative estimate of drug-likeness (QED) is 0.324. The highest BCUT2D eigenvalue weighted by molar-refractivity contribution is 5.95. The van der Waals surface area contributed by atoms with Gasteiger partial charge in [-0.15, -0.1) is 5.10 Å². The van der Waals surface area contributed by atoms with Gasteiger partial charge in [-0.3, -0.25) is 23.8 Å². The summed E-state index contributed by atoms with van der Waals surface area (Å²) in [4.78, 5) is 47.4. The number of nitrogens with zero attached hydrogens (tertiary/aromatic N) is 8. The highest BCUT2D eigenvalue weighted by atomic mass is 16.4. The molecular weight excluding hydrogens is 550 g/mol. The number of carbonyl (C=O) groups is 2. The van der Waals surface area contributed by atoms with E-state index in [0.29, 0.717) is 47.6 Å². The summed E-state index contributed by atoms with van der Waals surface area (Å²) in [6.45, 7) is 3.80. The molecule has 4 aromatic heterocycles. The van der Waals surface area contributed by atoms with Crippen molar-refractivity contribution in [2.45, 2.75) is 39.2 Å². The van der Waals surface area contributed by atoms with Crippen LogP contribution >= 0.6 is 0 Å². The predicted octanol–water partition coefficient (Wildman–Crippen LogP) is 3.64. The molecule has 2 atom stereocenters. The number of aromatic carboxylic acids is 1. The van der Waals surface area contributed by atoms with E-state index in [4.69, 9.17) is 0 Å². The summed E-state index contributed by atoms with van der Waals surface area (Å²) >= 11 is 0. The number of fused-ring (bicyclic) bond motifs is 4. The Labute approximate surface area is 245 Å². The molecule has 13 heteroatoms.